The number of hydrogen-bond donors (Lipinski definition) is 1. The van der Waals surface area contributed by atoms with Crippen molar-refractivity contribution in [3.8, 4) is 0 Å². The number of carbonyl (C=O) groups is 1. The molecule has 1 N–H and O–H groups in total. The predicted octanol–water partition coefficient (Wildman–Crippen LogP) is 0.948. The van der Waals surface area contributed by atoms with Gasteiger partial charge in [-0.25, -0.2) is 0 Å². The lowest BCUT2D eigenvalue weighted by Crippen LogP contribution is -2.47. The molecular weight excluding hydrogens is 204 g/mol. The van der Waals surface area contributed by atoms with Crippen LogP contribution < -0.4 is 0 Å². The van der Waals surface area contributed by atoms with E-state index in [4.69, 9.17) is 5.11 Å². The molecule has 96 valence electrons. The number of hydrogen-bond acceptors (Lipinski definition) is 3. The van der Waals surface area contributed by atoms with Crippen LogP contribution in [0.25, 0.3) is 0 Å². The van der Waals surface area contributed by atoms with E-state index in [2.05, 4.69) is 4.90 Å². The van der Waals surface area contributed by atoms with Crippen molar-refractivity contribution in [3.05, 3.63) is 0 Å². The van der Waals surface area contributed by atoms with Crippen molar-refractivity contribution in [2.75, 3.05) is 32.8 Å². The fourth-order valence-electron chi connectivity index (χ4n) is 1.86. The summed E-state index contributed by atoms with van der Waals surface area (Å²) < 4.78 is 0. The first kappa shape index (κ1) is 15.4. The summed E-state index contributed by atoms with van der Waals surface area (Å²) >= 11 is 0. The van der Waals surface area contributed by atoms with E-state index in [9.17, 15) is 4.79 Å². The molecule has 0 aliphatic rings. The molecule has 0 spiro atoms. The maximum absolute atomic E-state index is 12.1. The standard InChI is InChI=1S/C12H26N2O2/c1-5-13(6-2)12(16)11(4)14(7-3)9-8-10-15/h11,15H,5-10H2,1-4H3. The molecule has 0 bridgehead atoms. The summed E-state index contributed by atoms with van der Waals surface area (Å²) in [5.41, 5.74) is 0. The number of amides is 1. The van der Waals surface area contributed by atoms with Crippen molar-refractivity contribution in [2.24, 2.45) is 0 Å². The van der Waals surface area contributed by atoms with Gasteiger partial charge in [0.1, 0.15) is 0 Å². The third-order valence-corrected chi connectivity index (χ3v) is 2.99. The molecule has 0 aromatic rings. The molecule has 16 heavy (non-hydrogen) atoms. The Hall–Kier alpha value is -0.610. The zero-order chi connectivity index (χ0) is 12.6. The van der Waals surface area contributed by atoms with Gasteiger partial charge >= 0.3 is 0 Å². The fourth-order valence-corrected chi connectivity index (χ4v) is 1.86. The molecule has 4 heteroatoms. The van der Waals surface area contributed by atoms with Crippen molar-refractivity contribution in [2.45, 2.75) is 40.2 Å². The first-order valence-corrected chi connectivity index (χ1v) is 6.25. The van der Waals surface area contributed by atoms with Crippen LogP contribution in [0.2, 0.25) is 0 Å². The normalized spacial score (nSPS) is 12.9. The van der Waals surface area contributed by atoms with E-state index in [0.29, 0.717) is 0 Å². The molecule has 0 aliphatic carbocycles. The van der Waals surface area contributed by atoms with E-state index in [0.717, 1.165) is 32.6 Å². The maximum Gasteiger partial charge on any atom is 0.239 e. The van der Waals surface area contributed by atoms with E-state index >= 15 is 0 Å². The molecule has 1 atom stereocenters. The molecular formula is C12H26N2O2. The van der Waals surface area contributed by atoms with Crippen LogP contribution >= 0.6 is 0 Å². The highest BCUT2D eigenvalue weighted by molar-refractivity contribution is 5.81. The Morgan fingerprint density at radius 2 is 1.75 bits per heavy atom. The molecule has 0 saturated carbocycles. The van der Waals surface area contributed by atoms with Crippen LogP contribution in [0, 0.1) is 0 Å². The molecule has 0 radical (unpaired) electrons. The summed E-state index contributed by atoms with van der Waals surface area (Å²) in [6.07, 6.45) is 0.726. The van der Waals surface area contributed by atoms with Crippen molar-refractivity contribution in [1.82, 2.24) is 9.80 Å². The summed E-state index contributed by atoms with van der Waals surface area (Å²) in [7, 11) is 0. The van der Waals surface area contributed by atoms with Crippen LogP contribution in [0.3, 0.4) is 0 Å². The monoisotopic (exact) mass is 230 g/mol. The van der Waals surface area contributed by atoms with E-state index in [1.165, 1.54) is 0 Å². The molecule has 1 amide bonds. The van der Waals surface area contributed by atoms with Gasteiger partial charge in [0.15, 0.2) is 0 Å². The van der Waals surface area contributed by atoms with E-state index < -0.39 is 0 Å². The van der Waals surface area contributed by atoms with E-state index in [1.54, 1.807) is 0 Å². The number of aliphatic hydroxyl groups is 1. The second-order valence-electron chi connectivity index (χ2n) is 3.89. The molecule has 0 aliphatic heterocycles. The highest BCUT2D eigenvalue weighted by Gasteiger charge is 2.22. The highest BCUT2D eigenvalue weighted by Crippen LogP contribution is 2.05. The number of aliphatic hydroxyl groups excluding tert-OH is 1. The van der Waals surface area contributed by atoms with Crippen molar-refractivity contribution < 1.29 is 9.90 Å². The zero-order valence-electron chi connectivity index (χ0n) is 11.1. The molecule has 4 nitrogen and oxygen atoms in total. The molecule has 0 rings (SSSR count). The number of rotatable bonds is 8. The van der Waals surface area contributed by atoms with Gasteiger partial charge in [-0.2, -0.15) is 0 Å². The number of likely N-dealkylation sites (N-methyl/N-ethyl adjacent to an activating group) is 2. The second-order valence-corrected chi connectivity index (χ2v) is 3.89. The summed E-state index contributed by atoms with van der Waals surface area (Å²) in [4.78, 5) is 16.1. The third-order valence-electron chi connectivity index (χ3n) is 2.99. The molecule has 0 aromatic heterocycles. The van der Waals surface area contributed by atoms with Gasteiger partial charge in [0.2, 0.25) is 5.91 Å². The van der Waals surface area contributed by atoms with E-state index in [1.807, 2.05) is 32.6 Å². The minimum absolute atomic E-state index is 0.0866. The predicted molar refractivity (Wildman–Crippen MR) is 66.3 cm³/mol. The molecule has 0 aromatic carbocycles. The zero-order valence-corrected chi connectivity index (χ0v) is 11.1. The van der Waals surface area contributed by atoms with Gasteiger partial charge in [-0.1, -0.05) is 6.92 Å². The Balaban J connectivity index is 4.35. The minimum atomic E-state index is -0.0866. The highest BCUT2D eigenvalue weighted by atomic mass is 16.3. The average molecular weight is 230 g/mol. The summed E-state index contributed by atoms with van der Waals surface area (Å²) in [6, 6.07) is -0.0866. The van der Waals surface area contributed by atoms with Crippen molar-refractivity contribution in [1.29, 1.82) is 0 Å². The van der Waals surface area contributed by atoms with Gasteiger partial charge in [-0.3, -0.25) is 9.69 Å². The van der Waals surface area contributed by atoms with Crippen LogP contribution in [0.5, 0.6) is 0 Å². The Morgan fingerprint density at radius 3 is 2.12 bits per heavy atom. The van der Waals surface area contributed by atoms with Crippen LogP contribution in [0.15, 0.2) is 0 Å². The average Bonchev–Trinajstić information content (AvgIpc) is 2.31. The number of carbonyl (C=O) groups excluding carboxylic acids is 1. The van der Waals surface area contributed by atoms with Gasteiger partial charge in [0.25, 0.3) is 0 Å². The fraction of sp³-hybridized carbons (Fsp3) is 0.917. The summed E-state index contributed by atoms with van der Waals surface area (Å²) in [5.74, 6) is 0.185. The van der Waals surface area contributed by atoms with Crippen LogP contribution in [-0.2, 0) is 4.79 Å². The lowest BCUT2D eigenvalue weighted by atomic mass is 10.2. The number of nitrogens with zero attached hydrogens (tertiary/aromatic N) is 2. The largest absolute Gasteiger partial charge is 0.396 e. The molecule has 0 heterocycles. The maximum atomic E-state index is 12.1. The van der Waals surface area contributed by atoms with Crippen molar-refractivity contribution >= 4 is 5.91 Å². The topological polar surface area (TPSA) is 43.8 Å². The van der Waals surface area contributed by atoms with Gasteiger partial charge in [-0.15, -0.1) is 0 Å². The van der Waals surface area contributed by atoms with Gasteiger partial charge in [0.05, 0.1) is 6.04 Å². The molecule has 0 fully saturated rings. The molecule has 1 unspecified atom stereocenters. The summed E-state index contributed by atoms with van der Waals surface area (Å²) in [6.45, 7) is 11.3. The van der Waals surface area contributed by atoms with Gasteiger partial charge in [-0.05, 0) is 33.7 Å². The Kier molecular flexibility index (Phi) is 8.21. The minimum Gasteiger partial charge on any atom is -0.396 e. The lowest BCUT2D eigenvalue weighted by molar-refractivity contribution is -0.136. The van der Waals surface area contributed by atoms with Gasteiger partial charge in [0, 0.05) is 26.2 Å². The van der Waals surface area contributed by atoms with Crippen LogP contribution in [0.1, 0.15) is 34.1 Å². The first-order valence-electron chi connectivity index (χ1n) is 6.25. The Bertz CT molecular complexity index is 193. The van der Waals surface area contributed by atoms with Crippen molar-refractivity contribution in [3.63, 3.8) is 0 Å². The van der Waals surface area contributed by atoms with Crippen LogP contribution in [-0.4, -0.2) is 59.6 Å². The lowest BCUT2D eigenvalue weighted by Gasteiger charge is -2.31. The van der Waals surface area contributed by atoms with Crippen LogP contribution in [0.4, 0.5) is 0 Å². The summed E-state index contributed by atoms with van der Waals surface area (Å²) in [5, 5.41) is 8.81. The molecule has 0 saturated heterocycles. The smallest absolute Gasteiger partial charge is 0.239 e. The third kappa shape index (κ3) is 4.49. The SMILES string of the molecule is CCN(CC)C(=O)C(C)N(CC)CCCO. The first-order chi connectivity index (χ1) is 7.62. The Morgan fingerprint density at radius 1 is 1.19 bits per heavy atom. The second kappa shape index (κ2) is 8.53. The Labute approximate surface area is 99.2 Å². The quantitative estimate of drug-likeness (QED) is 0.675. The van der Waals surface area contributed by atoms with E-state index in [-0.39, 0.29) is 18.6 Å². The van der Waals surface area contributed by atoms with Gasteiger partial charge < -0.3 is 10.0 Å².